The number of imidazole rings is 1. The van der Waals surface area contributed by atoms with Gasteiger partial charge in [-0.25, -0.2) is 4.52 Å². The van der Waals surface area contributed by atoms with Crippen LogP contribution in [-0.4, -0.2) is 14.2 Å². The molecule has 124 valence electrons. The molecule has 2 aromatic heterocycles. The van der Waals surface area contributed by atoms with E-state index in [9.17, 15) is 0 Å². The SMILES string of the molecule is Brc1ccc(-c2cn3c4c(c(-c5ccccc5)nn24)CCCC3)cc1. The van der Waals surface area contributed by atoms with Crippen LogP contribution in [0.15, 0.2) is 65.3 Å². The van der Waals surface area contributed by atoms with E-state index in [0.29, 0.717) is 0 Å². The summed E-state index contributed by atoms with van der Waals surface area (Å²) < 4.78 is 5.63. The summed E-state index contributed by atoms with van der Waals surface area (Å²) in [6.45, 7) is 1.06. The van der Waals surface area contributed by atoms with E-state index in [4.69, 9.17) is 5.10 Å². The van der Waals surface area contributed by atoms with Gasteiger partial charge in [0.2, 0.25) is 0 Å². The molecule has 0 saturated heterocycles. The normalized spacial score (nSPS) is 14.0. The average molecular weight is 392 g/mol. The van der Waals surface area contributed by atoms with Crippen LogP contribution in [0.2, 0.25) is 0 Å². The van der Waals surface area contributed by atoms with Gasteiger partial charge in [0.15, 0.2) is 0 Å². The molecule has 0 spiro atoms. The Labute approximate surface area is 155 Å². The first kappa shape index (κ1) is 15.0. The molecule has 1 aliphatic rings. The van der Waals surface area contributed by atoms with Gasteiger partial charge < -0.3 is 4.57 Å². The van der Waals surface area contributed by atoms with E-state index in [1.165, 1.54) is 35.2 Å². The molecule has 0 N–H and O–H groups in total. The molecular weight excluding hydrogens is 374 g/mol. The monoisotopic (exact) mass is 391 g/mol. The maximum Gasteiger partial charge on any atom is 0.140 e. The second kappa shape index (κ2) is 5.88. The maximum absolute atomic E-state index is 5.04. The molecule has 3 heterocycles. The van der Waals surface area contributed by atoms with Crippen LogP contribution in [0.5, 0.6) is 0 Å². The van der Waals surface area contributed by atoms with Crippen molar-refractivity contribution >= 4 is 21.6 Å². The molecule has 0 bridgehead atoms. The minimum absolute atomic E-state index is 1.06. The molecule has 0 fully saturated rings. The third kappa shape index (κ3) is 2.44. The summed E-state index contributed by atoms with van der Waals surface area (Å²) in [6.07, 6.45) is 5.79. The summed E-state index contributed by atoms with van der Waals surface area (Å²) in [5.74, 6) is 0. The molecule has 4 heteroatoms. The molecule has 3 nitrogen and oxygen atoms in total. The molecule has 25 heavy (non-hydrogen) atoms. The van der Waals surface area contributed by atoms with Crippen LogP contribution < -0.4 is 0 Å². The van der Waals surface area contributed by atoms with Gasteiger partial charge in [-0.15, -0.1) is 0 Å². The lowest BCUT2D eigenvalue weighted by atomic mass is 10.0. The zero-order chi connectivity index (χ0) is 16.8. The Kier molecular flexibility index (Phi) is 3.52. The van der Waals surface area contributed by atoms with Gasteiger partial charge in [0.25, 0.3) is 0 Å². The smallest absolute Gasteiger partial charge is 0.140 e. The van der Waals surface area contributed by atoms with Gasteiger partial charge in [0, 0.05) is 33.9 Å². The Morgan fingerprint density at radius 2 is 1.68 bits per heavy atom. The summed E-state index contributed by atoms with van der Waals surface area (Å²) in [7, 11) is 0. The van der Waals surface area contributed by atoms with E-state index in [0.717, 1.165) is 28.8 Å². The minimum Gasteiger partial charge on any atom is -0.330 e. The van der Waals surface area contributed by atoms with Crippen molar-refractivity contribution in [2.24, 2.45) is 0 Å². The summed E-state index contributed by atoms with van der Waals surface area (Å²) >= 11 is 3.53. The van der Waals surface area contributed by atoms with Gasteiger partial charge in [-0.3, -0.25) is 0 Å². The first-order chi connectivity index (χ1) is 12.3. The zero-order valence-electron chi connectivity index (χ0n) is 13.8. The van der Waals surface area contributed by atoms with Crippen molar-refractivity contribution in [2.45, 2.75) is 25.8 Å². The van der Waals surface area contributed by atoms with Crippen LogP contribution in [0.4, 0.5) is 0 Å². The van der Waals surface area contributed by atoms with Crippen LogP contribution in [0, 0.1) is 0 Å². The highest BCUT2D eigenvalue weighted by Gasteiger charge is 2.22. The highest BCUT2D eigenvalue weighted by atomic mass is 79.9. The molecule has 0 aliphatic carbocycles. The molecule has 5 rings (SSSR count). The third-order valence-electron chi connectivity index (χ3n) is 5.00. The molecule has 0 atom stereocenters. The molecule has 1 aliphatic heterocycles. The van der Waals surface area contributed by atoms with Gasteiger partial charge in [0.05, 0.1) is 11.4 Å². The van der Waals surface area contributed by atoms with Gasteiger partial charge in [0.1, 0.15) is 5.65 Å². The number of aromatic nitrogens is 3. The van der Waals surface area contributed by atoms with Crippen LogP contribution in [-0.2, 0) is 13.0 Å². The number of benzene rings is 2. The predicted molar refractivity (Wildman–Crippen MR) is 105 cm³/mol. The third-order valence-corrected chi connectivity index (χ3v) is 5.53. The first-order valence-corrected chi connectivity index (χ1v) is 9.53. The maximum atomic E-state index is 5.04. The number of hydrogen-bond donors (Lipinski definition) is 0. The summed E-state index contributed by atoms with van der Waals surface area (Å²) in [5, 5.41) is 5.04. The van der Waals surface area contributed by atoms with Crippen molar-refractivity contribution in [3.63, 3.8) is 0 Å². The summed E-state index contributed by atoms with van der Waals surface area (Å²) in [6, 6.07) is 19.0. The molecule has 0 unspecified atom stereocenters. The van der Waals surface area contributed by atoms with E-state index in [1.807, 2.05) is 0 Å². The topological polar surface area (TPSA) is 22.2 Å². The van der Waals surface area contributed by atoms with Crippen molar-refractivity contribution in [3.8, 4) is 22.5 Å². The number of hydrogen-bond acceptors (Lipinski definition) is 1. The van der Waals surface area contributed by atoms with Crippen molar-refractivity contribution in [3.05, 3.63) is 70.8 Å². The van der Waals surface area contributed by atoms with E-state index in [1.54, 1.807) is 0 Å². The Balaban J connectivity index is 1.79. The fourth-order valence-corrected chi connectivity index (χ4v) is 4.06. The van der Waals surface area contributed by atoms with Crippen molar-refractivity contribution in [1.82, 2.24) is 14.2 Å². The highest BCUT2D eigenvalue weighted by Crippen LogP contribution is 2.34. The fraction of sp³-hybridized carbons (Fsp3) is 0.190. The fourth-order valence-electron chi connectivity index (χ4n) is 3.80. The lowest BCUT2D eigenvalue weighted by Crippen LogP contribution is -1.93. The largest absolute Gasteiger partial charge is 0.330 e. The van der Waals surface area contributed by atoms with Crippen LogP contribution in [0.1, 0.15) is 18.4 Å². The standard InChI is InChI=1S/C21H18BrN3/c22-17-11-9-15(10-12-17)19-14-24-13-5-4-8-18-20(23-25(19)21(18)24)16-6-2-1-3-7-16/h1-3,6-7,9-12,14H,4-5,8,13H2. The van der Waals surface area contributed by atoms with Crippen LogP contribution >= 0.6 is 15.9 Å². The first-order valence-electron chi connectivity index (χ1n) is 8.73. The average Bonchev–Trinajstić information content (AvgIpc) is 3.10. The van der Waals surface area contributed by atoms with Gasteiger partial charge in [-0.05, 0) is 31.4 Å². The van der Waals surface area contributed by atoms with E-state index in [2.05, 4.69) is 85.8 Å². The quantitative estimate of drug-likeness (QED) is 0.437. The van der Waals surface area contributed by atoms with Gasteiger partial charge in [-0.1, -0.05) is 58.4 Å². The molecular formula is C21H18BrN3. The number of rotatable bonds is 2. The second-order valence-corrected chi connectivity index (χ2v) is 7.52. The van der Waals surface area contributed by atoms with Crippen LogP contribution in [0.25, 0.3) is 28.2 Å². The Hall–Kier alpha value is -2.33. The number of aryl methyl sites for hydroxylation is 2. The molecule has 2 aromatic carbocycles. The van der Waals surface area contributed by atoms with Crippen molar-refractivity contribution in [2.75, 3.05) is 0 Å². The van der Waals surface area contributed by atoms with E-state index >= 15 is 0 Å². The zero-order valence-corrected chi connectivity index (χ0v) is 15.4. The Morgan fingerprint density at radius 3 is 2.48 bits per heavy atom. The summed E-state index contributed by atoms with van der Waals surface area (Å²) in [4.78, 5) is 0. The van der Waals surface area contributed by atoms with Gasteiger partial charge >= 0.3 is 0 Å². The lowest BCUT2D eigenvalue weighted by molar-refractivity contribution is 0.642. The van der Waals surface area contributed by atoms with Crippen molar-refractivity contribution < 1.29 is 0 Å². The molecule has 0 radical (unpaired) electrons. The van der Waals surface area contributed by atoms with E-state index < -0.39 is 0 Å². The number of nitrogens with zero attached hydrogens (tertiary/aromatic N) is 3. The predicted octanol–water partition coefficient (Wildman–Crippen LogP) is 5.57. The Bertz CT molecular complexity index is 1040. The Morgan fingerprint density at radius 1 is 0.880 bits per heavy atom. The highest BCUT2D eigenvalue weighted by molar-refractivity contribution is 9.10. The summed E-state index contributed by atoms with van der Waals surface area (Å²) in [5.41, 5.74) is 7.33. The van der Waals surface area contributed by atoms with E-state index in [-0.39, 0.29) is 0 Å². The molecule has 0 saturated carbocycles. The molecule has 4 aromatic rings. The molecule has 0 amide bonds. The van der Waals surface area contributed by atoms with Gasteiger partial charge in [-0.2, -0.15) is 5.10 Å². The second-order valence-electron chi connectivity index (χ2n) is 6.60. The van der Waals surface area contributed by atoms with Crippen molar-refractivity contribution in [1.29, 1.82) is 0 Å². The number of halogens is 1. The lowest BCUT2D eigenvalue weighted by Gasteiger charge is -2.01. The minimum atomic E-state index is 1.06. The van der Waals surface area contributed by atoms with Crippen LogP contribution in [0.3, 0.4) is 0 Å².